The largest absolute Gasteiger partial charge is 0.411 e. The molecule has 1 aliphatic rings. The van der Waals surface area contributed by atoms with Crippen LogP contribution in [0.25, 0.3) is 11.6 Å². The lowest BCUT2D eigenvalue weighted by molar-refractivity contribution is 0.0632. The lowest BCUT2D eigenvalue weighted by atomic mass is 10.0. The molecule has 3 aromatic rings. The highest BCUT2D eigenvalue weighted by atomic mass is 16.4. The van der Waals surface area contributed by atoms with Crippen LogP contribution in [0, 0.1) is 0 Å². The van der Waals surface area contributed by atoms with Crippen LogP contribution in [0.15, 0.2) is 23.0 Å². The Morgan fingerprint density at radius 1 is 1.43 bits per heavy atom. The molecule has 118 valence electrons. The van der Waals surface area contributed by atoms with Gasteiger partial charge in [-0.05, 0) is 13.0 Å². The van der Waals surface area contributed by atoms with E-state index in [0.29, 0.717) is 12.2 Å². The first-order valence-corrected chi connectivity index (χ1v) is 7.30. The van der Waals surface area contributed by atoms with Gasteiger partial charge < -0.3 is 14.3 Å². The van der Waals surface area contributed by atoms with Gasteiger partial charge in [0.2, 0.25) is 0 Å². The van der Waals surface area contributed by atoms with E-state index in [4.69, 9.17) is 4.42 Å². The van der Waals surface area contributed by atoms with Crippen LogP contribution in [-0.4, -0.2) is 47.3 Å². The molecule has 1 amide bonds. The molecule has 23 heavy (non-hydrogen) atoms. The van der Waals surface area contributed by atoms with Crippen molar-refractivity contribution in [3.05, 3.63) is 35.9 Å². The molecule has 0 aromatic carbocycles. The van der Waals surface area contributed by atoms with Crippen LogP contribution in [0.1, 0.15) is 35.0 Å². The van der Waals surface area contributed by atoms with Crippen LogP contribution < -0.4 is 0 Å². The van der Waals surface area contributed by atoms with Crippen molar-refractivity contribution in [2.24, 2.45) is 7.05 Å². The maximum absolute atomic E-state index is 12.7. The topological polar surface area (TPSA) is 106 Å². The van der Waals surface area contributed by atoms with E-state index >= 15 is 0 Å². The van der Waals surface area contributed by atoms with Crippen LogP contribution in [0.2, 0.25) is 0 Å². The van der Waals surface area contributed by atoms with Crippen LogP contribution >= 0.6 is 0 Å². The number of hydrogen-bond donors (Lipinski definition) is 1. The van der Waals surface area contributed by atoms with Crippen molar-refractivity contribution in [3.8, 4) is 11.6 Å². The van der Waals surface area contributed by atoms with Gasteiger partial charge in [0.05, 0.1) is 18.1 Å². The summed E-state index contributed by atoms with van der Waals surface area (Å²) in [5, 5.41) is 12.0. The summed E-state index contributed by atoms with van der Waals surface area (Å²) in [5.74, 6) is -0.0867. The number of rotatable bonds is 2. The summed E-state index contributed by atoms with van der Waals surface area (Å²) in [6.45, 7) is 2.52. The second-order valence-corrected chi connectivity index (χ2v) is 5.48. The van der Waals surface area contributed by atoms with E-state index in [-0.39, 0.29) is 23.7 Å². The number of amides is 1. The average Bonchev–Trinajstić information content (AvgIpc) is 3.26. The Labute approximate surface area is 131 Å². The SMILES string of the molecule is C[C@@H]1c2nc[nH]c2CCN1C(=O)c1nnc(-c2ccn(C)n2)o1. The molecule has 0 radical (unpaired) electrons. The van der Waals surface area contributed by atoms with Crippen LogP contribution in [0.5, 0.6) is 0 Å². The minimum Gasteiger partial charge on any atom is -0.411 e. The molecule has 0 unspecified atom stereocenters. The standard InChI is InChI=1S/C14H15N7O2/c1-8-11-9(15-7-16-11)4-6-21(8)14(22)13-18-17-12(23-13)10-3-5-20(2)19-10/h3,5,7-8H,4,6H2,1-2H3,(H,15,16)/t8-/m1/s1. The molecule has 4 rings (SSSR count). The van der Waals surface area contributed by atoms with Crippen molar-refractivity contribution in [3.63, 3.8) is 0 Å². The van der Waals surface area contributed by atoms with Crippen molar-refractivity contribution in [2.45, 2.75) is 19.4 Å². The maximum atomic E-state index is 12.7. The Morgan fingerprint density at radius 2 is 2.30 bits per heavy atom. The molecule has 1 N–H and O–H groups in total. The van der Waals surface area contributed by atoms with Crippen LogP contribution in [-0.2, 0) is 13.5 Å². The highest BCUT2D eigenvalue weighted by Crippen LogP contribution is 2.28. The monoisotopic (exact) mass is 313 g/mol. The number of aromatic amines is 1. The van der Waals surface area contributed by atoms with Crippen molar-refractivity contribution in [1.82, 2.24) is 34.8 Å². The van der Waals surface area contributed by atoms with E-state index < -0.39 is 0 Å². The third-order valence-electron chi connectivity index (χ3n) is 4.02. The number of H-pyrrole nitrogens is 1. The molecule has 3 aromatic heterocycles. The van der Waals surface area contributed by atoms with Gasteiger partial charge in [0, 0.05) is 31.9 Å². The van der Waals surface area contributed by atoms with Gasteiger partial charge in [-0.3, -0.25) is 9.48 Å². The highest BCUT2D eigenvalue weighted by molar-refractivity contribution is 5.90. The first kappa shape index (κ1) is 13.7. The van der Waals surface area contributed by atoms with E-state index in [1.807, 2.05) is 6.92 Å². The van der Waals surface area contributed by atoms with Gasteiger partial charge >= 0.3 is 11.8 Å². The number of nitrogens with one attached hydrogen (secondary N) is 1. The molecule has 4 heterocycles. The van der Waals surface area contributed by atoms with Gasteiger partial charge in [-0.2, -0.15) is 5.10 Å². The Bertz CT molecular complexity index is 862. The lowest BCUT2D eigenvalue weighted by Crippen LogP contribution is -2.39. The number of aromatic nitrogens is 6. The Kier molecular flexibility index (Phi) is 3.00. The molecule has 0 saturated carbocycles. The summed E-state index contributed by atoms with van der Waals surface area (Å²) in [4.78, 5) is 21.7. The van der Waals surface area contributed by atoms with Gasteiger partial charge in [-0.1, -0.05) is 0 Å². The molecule has 0 saturated heterocycles. The fourth-order valence-corrected chi connectivity index (χ4v) is 2.81. The molecule has 1 atom stereocenters. The van der Waals surface area contributed by atoms with Crippen molar-refractivity contribution in [1.29, 1.82) is 0 Å². The minimum absolute atomic E-state index is 0.0310. The Morgan fingerprint density at radius 3 is 3.09 bits per heavy atom. The van der Waals surface area contributed by atoms with Crippen LogP contribution in [0.4, 0.5) is 0 Å². The quantitative estimate of drug-likeness (QED) is 0.755. The predicted octanol–water partition coefficient (Wildman–Crippen LogP) is 0.953. The fraction of sp³-hybridized carbons (Fsp3) is 0.357. The summed E-state index contributed by atoms with van der Waals surface area (Å²) in [7, 11) is 1.79. The van der Waals surface area contributed by atoms with Crippen molar-refractivity contribution < 1.29 is 9.21 Å². The normalized spacial score (nSPS) is 17.3. The summed E-state index contributed by atoms with van der Waals surface area (Å²) >= 11 is 0. The third kappa shape index (κ3) is 2.20. The number of aryl methyl sites for hydroxylation is 1. The van der Waals surface area contributed by atoms with E-state index in [2.05, 4.69) is 25.3 Å². The fourth-order valence-electron chi connectivity index (χ4n) is 2.81. The van der Waals surface area contributed by atoms with Gasteiger partial charge in [0.25, 0.3) is 5.89 Å². The maximum Gasteiger partial charge on any atom is 0.311 e. The first-order chi connectivity index (χ1) is 11.1. The average molecular weight is 313 g/mol. The summed E-state index contributed by atoms with van der Waals surface area (Å²) in [6.07, 6.45) is 4.15. The number of imidazole rings is 1. The molecule has 0 aliphatic carbocycles. The number of fused-ring (bicyclic) bond motifs is 1. The summed E-state index contributed by atoms with van der Waals surface area (Å²) in [6, 6.07) is 1.61. The second kappa shape index (κ2) is 5.04. The Balaban J connectivity index is 1.59. The van der Waals surface area contributed by atoms with Gasteiger partial charge in [0.15, 0.2) is 0 Å². The number of nitrogens with zero attached hydrogens (tertiary/aromatic N) is 6. The summed E-state index contributed by atoms with van der Waals surface area (Å²) < 4.78 is 7.13. The van der Waals surface area contributed by atoms with E-state index in [1.54, 1.807) is 35.2 Å². The Hall–Kier alpha value is -2.97. The van der Waals surface area contributed by atoms with Gasteiger partial charge in [-0.25, -0.2) is 4.98 Å². The number of carbonyl (C=O) groups excluding carboxylic acids is 1. The van der Waals surface area contributed by atoms with Crippen LogP contribution in [0.3, 0.4) is 0 Å². The van der Waals surface area contributed by atoms with Crippen molar-refractivity contribution >= 4 is 5.91 Å². The molecule has 1 aliphatic heterocycles. The molecule has 0 bridgehead atoms. The second-order valence-electron chi connectivity index (χ2n) is 5.48. The molecule has 0 spiro atoms. The zero-order chi connectivity index (χ0) is 16.0. The zero-order valence-electron chi connectivity index (χ0n) is 12.7. The molecule has 0 fully saturated rings. The van der Waals surface area contributed by atoms with E-state index in [0.717, 1.165) is 17.8 Å². The highest BCUT2D eigenvalue weighted by Gasteiger charge is 2.32. The number of carbonyl (C=O) groups is 1. The van der Waals surface area contributed by atoms with Gasteiger partial charge in [-0.15, -0.1) is 10.2 Å². The number of hydrogen-bond acceptors (Lipinski definition) is 6. The van der Waals surface area contributed by atoms with E-state index in [1.165, 1.54) is 0 Å². The van der Waals surface area contributed by atoms with Crippen molar-refractivity contribution in [2.75, 3.05) is 6.54 Å². The van der Waals surface area contributed by atoms with E-state index in [9.17, 15) is 4.79 Å². The smallest absolute Gasteiger partial charge is 0.311 e. The third-order valence-corrected chi connectivity index (χ3v) is 4.02. The lowest BCUT2D eigenvalue weighted by Gasteiger charge is -2.31. The molecular formula is C14H15N7O2. The zero-order valence-corrected chi connectivity index (χ0v) is 12.7. The molecular weight excluding hydrogens is 298 g/mol. The molecule has 9 nitrogen and oxygen atoms in total. The van der Waals surface area contributed by atoms with Gasteiger partial charge in [0.1, 0.15) is 5.69 Å². The minimum atomic E-state index is -0.291. The molecule has 9 heteroatoms. The predicted molar refractivity (Wildman–Crippen MR) is 78.2 cm³/mol. The summed E-state index contributed by atoms with van der Waals surface area (Å²) in [5.41, 5.74) is 2.50. The first-order valence-electron chi connectivity index (χ1n) is 7.30.